The average molecular weight is 337 g/mol. The van der Waals surface area contributed by atoms with E-state index in [9.17, 15) is 5.26 Å². The summed E-state index contributed by atoms with van der Waals surface area (Å²) < 4.78 is 0. The molecule has 3 aromatic rings. The molecule has 124 valence electrons. The van der Waals surface area contributed by atoms with Gasteiger partial charge in [0.25, 0.3) is 0 Å². The summed E-state index contributed by atoms with van der Waals surface area (Å²) >= 11 is 0. The zero-order chi connectivity index (χ0) is 17.9. The molecule has 0 radical (unpaired) electrons. The molecule has 4 rings (SSSR count). The first-order chi connectivity index (χ1) is 12.8. The Morgan fingerprint density at radius 1 is 0.962 bits per heavy atom. The molecule has 26 heavy (non-hydrogen) atoms. The van der Waals surface area contributed by atoms with Gasteiger partial charge in [0.05, 0.1) is 17.0 Å². The van der Waals surface area contributed by atoms with Crippen molar-refractivity contribution in [2.45, 2.75) is 6.42 Å². The quantitative estimate of drug-likeness (QED) is 0.789. The maximum atomic E-state index is 9.28. The van der Waals surface area contributed by atoms with Crippen LogP contribution in [0.3, 0.4) is 0 Å². The van der Waals surface area contributed by atoms with E-state index in [1.54, 1.807) is 24.7 Å². The summed E-state index contributed by atoms with van der Waals surface area (Å²) in [5, 5.41) is 9.28. The van der Waals surface area contributed by atoms with Gasteiger partial charge in [0, 0.05) is 36.1 Å². The molecule has 1 aromatic carbocycles. The van der Waals surface area contributed by atoms with Gasteiger partial charge in [0.1, 0.15) is 11.9 Å². The molecule has 0 bridgehead atoms. The number of nitrogen functional groups attached to an aromatic ring is 1. The van der Waals surface area contributed by atoms with E-state index in [1.165, 1.54) is 0 Å². The molecule has 0 amide bonds. The number of hydrogen-bond acceptors (Lipinski definition) is 5. The average Bonchev–Trinajstić information content (AvgIpc) is 3.15. The molecule has 0 unspecified atom stereocenters. The Morgan fingerprint density at radius 2 is 1.73 bits per heavy atom. The molecule has 2 aromatic heterocycles. The molecule has 0 atom stereocenters. The fourth-order valence-electron chi connectivity index (χ4n) is 3.01. The lowest BCUT2D eigenvalue weighted by Crippen LogP contribution is -2.00. The number of nitrogens with zero attached hydrogens (tertiary/aromatic N) is 4. The van der Waals surface area contributed by atoms with Crippen LogP contribution >= 0.6 is 0 Å². The van der Waals surface area contributed by atoms with E-state index in [0.29, 0.717) is 12.0 Å². The van der Waals surface area contributed by atoms with Crippen LogP contribution in [0.1, 0.15) is 28.7 Å². The van der Waals surface area contributed by atoms with Gasteiger partial charge in [-0.25, -0.2) is 4.98 Å². The van der Waals surface area contributed by atoms with Gasteiger partial charge in [-0.15, -0.1) is 0 Å². The zero-order valence-electron chi connectivity index (χ0n) is 13.9. The number of aromatic nitrogens is 2. The first-order valence-corrected chi connectivity index (χ1v) is 8.19. The van der Waals surface area contributed by atoms with Crippen molar-refractivity contribution in [2.24, 2.45) is 4.99 Å². The number of anilines is 1. The Kier molecular flexibility index (Phi) is 4.00. The van der Waals surface area contributed by atoms with E-state index in [0.717, 1.165) is 33.7 Å². The zero-order valence-corrected chi connectivity index (χ0v) is 13.9. The predicted octanol–water partition coefficient (Wildman–Crippen LogP) is 3.69. The Bertz CT molecular complexity index is 1060. The highest BCUT2D eigenvalue weighted by molar-refractivity contribution is 6.16. The van der Waals surface area contributed by atoms with Crippen LogP contribution in [0.4, 0.5) is 5.82 Å². The highest BCUT2D eigenvalue weighted by Crippen LogP contribution is 2.37. The van der Waals surface area contributed by atoms with E-state index in [4.69, 9.17) is 10.7 Å². The van der Waals surface area contributed by atoms with Crippen LogP contribution in [0.15, 0.2) is 72.1 Å². The number of pyridine rings is 2. The molecule has 0 saturated carbocycles. The molecule has 0 spiro atoms. The van der Waals surface area contributed by atoms with E-state index in [2.05, 4.69) is 16.0 Å². The van der Waals surface area contributed by atoms with E-state index in [1.807, 2.05) is 42.5 Å². The molecule has 2 N–H and O–H groups in total. The Morgan fingerprint density at radius 3 is 2.46 bits per heavy atom. The maximum Gasteiger partial charge on any atom is 0.141 e. The van der Waals surface area contributed by atoms with Crippen molar-refractivity contribution in [3.05, 3.63) is 89.4 Å². The van der Waals surface area contributed by atoms with Crippen molar-refractivity contribution in [3.8, 4) is 6.07 Å². The Labute approximate surface area is 151 Å². The van der Waals surface area contributed by atoms with Gasteiger partial charge in [-0.3, -0.25) is 9.98 Å². The summed E-state index contributed by atoms with van der Waals surface area (Å²) in [6.07, 6.45) is 5.87. The predicted molar refractivity (Wildman–Crippen MR) is 102 cm³/mol. The number of benzene rings is 1. The van der Waals surface area contributed by atoms with Gasteiger partial charge >= 0.3 is 0 Å². The number of aliphatic imine (C=N–C) groups is 1. The normalized spacial score (nSPS) is 13.4. The van der Waals surface area contributed by atoms with E-state index in [-0.39, 0.29) is 5.82 Å². The highest BCUT2D eigenvalue weighted by atomic mass is 14.8. The Hall–Kier alpha value is -3.78. The van der Waals surface area contributed by atoms with Crippen LogP contribution in [-0.2, 0) is 0 Å². The first kappa shape index (κ1) is 15.7. The lowest BCUT2D eigenvalue weighted by Gasteiger charge is -2.08. The van der Waals surface area contributed by atoms with Crippen molar-refractivity contribution in [3.63, 3.8) is 0 Å². The van der Waals surface area contributed by atoms with Gasteiger partial charge < -0.3 is 5.73 Å². The molecule has 5 heteroatoms. The fourth-order valence-corrected chi connectivity index (χ4v) is 3.01. The minimum atomic E-state index is 0.240. The minimum Gasteiger partial charge on any atom is -0.383 e. The molecule has 3 heterocycles. The largest absolute Gasteiger partial charge is 0.383 e. The van der Waals surface area contributed by atoms with Gasteiger partial charge in [-0.1, -0.05) is 30.3 Å². The van der Waals surface area contributed by atoms with Crippen molar-refractivity contribution in [2.75, 3.05) is 5.73 Å². The summed E-state index contributed by atoms with van der Waals surface area (Å²) in [6, 6.07) is 17.8. The van der Waals surface area contributed by atoms with Crippen LogP contribution in [0, 0.1) is 11.3 Å². The van der Waals surface area contributed by atoms with E-state index >= 15 is 0 Å². The molecule has 1 aliphatic rings. The van der Waals surface area contributed by atoms with E-state index < -0.39 is 0 Å². The third kappa shape index (κ3) is 2.85. The molecular formula is C21H15N5. The van der Waals surface area contributed by atoms with Gasteiger partial charge in [-0.2, -0.15) is 5.26 Å². The topological polar surface area (TPSA) is 88.0 Å². The van der Waals surface area contributed by atoms with Crippen LogP contribution in [0.5, 0.6) is 0 Å². The lowest BCUT2D eigenvalue weighted by molar-refractivity contribution is 1.28. The monoisotopic (exact) mass is 337 g/mol. The third-order valence-electron chi connectivity index (χ3n) is 4.33. The van der Waals surface area contributed by atoms with Crippen molar-refractivity contribution < 1.29 is 0 Å². The number of hydrogen-bond donors (Lipinski definition) is 1. The number of rotatable bonds is 3. The highest BCUT2D eigenvalue weighted by Gasteiger charge is 2.22. The van der Waals surface area contributed by atoms with Crippen LogP contribution in [0.25, 0.3) is 11.3 Å². The molecule has 0 saturated heterocycles. The Balaban J connectivity index is 1.84. The molecule has 1 aliphatic heterocycles. The number of nitriles is 1. The molecule has 5 nitrogen and oxygen atoms in total. The first-order valence-electron chi connectivity index (χ1n) is 8.19. The summed E-state index contributed by atoms with van der Waals surface area (Å²) in [4.78, 5) is 13.2. The number of allylic oxidation sites excluding steroid dienone is 1. The summed E-state index contributed by atoms with van der Waals surface area (Å²) in [6.45, 7) is 0. The SMILES string of the molecule is N#Cc1cc(C2=C(c3ccncc3)N=C(c3ccccc3)C2)cnc1N. The smallest absolute Gasteiger partial charge is 0.141 e. The fraction of sp³-hybridized carbons (Fsp3) is 0.0476. The van der Waals surface area contributed by atoms with Crippen LogP contribution < -0.4 is 5.73 Å². The summed E-state index contributed by atoms with van der Waals surface area (Å²) in [5.41, 5.74) is 12.0. The standard InChI is InChI=1S/C21H15N5/c22-12-16-10-17(13-25-21(16)23)18-11-19(14-4-2-1-3-5-14)26-20(18)15-6-8-24-9-7-15/h1-10,13H,11H2,(H2,23,25). The van der Waals surface area contributed by atoms with Crippen molar-refractivity contribution in [1.82, 2.24) is 9.97 Å². The molecule has 0 fully saturated rings. The maximum absolute atomic E-state index is 9.28. The number of nitrogens with two attached hydrogens (primary N) is 1. The second-order valence-corrected chi connectivity index (χ2v) is 5.93. The third-order valence-corrected chi connectivity index (χ3v) is 4.33. The van der Waals surface area contributed by atoms with Crippen molar-refractivity contribution >= 4 is 22.8 Å². The van der Waals surface area contributed by atoms with Gasteiger partial charge in [0.15, 0.2) is 0 Å². The van der Waals surface area contributed by atoms with Crippen molar-refractivity contribution in [1.29, 1.82) is 5.26 Å². The second-order valence-electron chi connectivity index (χ2n) is 5.93. The van der Waals surface area contributed by atoms with Crippen LogP contribution in [0.2, 0.25) is 0 Å². The van der Waals surface area contributed by atoms with Crippen LogP contribution in [-0.4, -0.2) is 15.7 Å². The summed E-state index contributed by atoms with van der Waals surface area (Å²) in [5.74, 6) is 0.240. The summed E-state index contributed by atoms with van der Waals surface area (Å²) in [7, 11) is 0. The molecule has 0 aliphatic carbocycles. The van der Waals surface area contributed by atoms with Gasteiger partial charge in [-0.05, 0) is 29.3 Å². The molecular weight excluding hydrogens is 322 g/mol. The second kappa shape index (κ2) is 6.61. The van der Waals surface area contributed by atoms with Gasteiger partial charge in [0.2, 0.25) is 0 Å². The minimum absolute atomic E-state index is 0.240. The lowest BCUT2D eigenvalue weighted by atomic mass is 9.96.